The summed E-state index contributed by atoms with van der Waals surface area (Å²) in [6.45, 7) is 12.2. The smallest absolute Gasteiger partial charge is 0.241 e. The lowest BCUT2D eigenvalue weighted by atomic mass is 9.95. The van der Waals surface area contributed by atoms with Crippen molar-refractivity contribution in [3.63, 3.8) is 0 Å². The van der Waals surface area contributed by atoms with Gasteiger partial charge in [-0.05, 0) is 75.8 Å². The summed E-state index contributed by atoms with van der Waals surface area (Å²) >= 11 is 0. The van der Waals surface area contributed by atoms with Crippen molar-refractivity contribution in [2.24, 2.45) is 0 Å². The molecule has 0 bridgehead atoms. The van der Waals surface area contributed by atoms with Gasteiger partial charge < -0.3 is 10.1 Å². The summed E-state index contributed by atoms with van der Waals surface area (Å²) in [4.78, 5) is 12.4. The van der Waals surface area contributed by atoms with Crippen molar-refractivity contribution >= 4 is 15.9 Å². The zero-order valence-electron chi connectivity index (χ0n) is 16.5. The summed E-state index contributed by atoms with van der Waals surface area (Å²) in [6, 6.07) is 0.00555. The van der Waals surface area contributed by atoms with Gasteiger partial charge in [-0.2, -0.15) is 0 Å². The Bertz CT molecular complexity index is 773. The van der Waals surface area contributed by atoms with Crippen molar-refractivity contribution in [2.75, 3.05) is 13.2 Å². The zero-order chi connectivity index (χ0) is 19.6. The Morgan fingerprint density at radius 3 is 2.08 bits per heavy atom. The minimum absolute atomic E-state index is 0.000509. The minimum atomic E-state index is -3.67. The van der Waals surface area contributed by atoms with E-state index in [1.807, 2.05) is 41.5 Å². The highest BCUT2D eigenvalue weighted by molar-refractivity contribution is 7.89. The Morgan fingerprint density at radius 2 is 1.58 bits per heavy atom. The number of ether oxygens (including phenoxy) is 1. The lowest BCUT2D eigenvalue weighted by Crippen LogP contribution is -2.40. The van der Waals surface area contributed by atoms with E-state index >= 15 is 0 Å². The van der Waals surface area contributed by atoms with E-state index in [2.05, 4.69) is 10.0 Å². The molecule has 1 aliphatic rings. The summed E-state index contributed by atoms with van der Waals surface area (Å²) in [7, 11) is -3.67. The quantitative estimate of drug-likeness (QED) is 0.790. The van der Waals surface area contributed by atoms with Gasteiger partial charge in [0, 0.05) is 19.6 Å². The summed E-state index contributed by atoms with van der Waals surface area (Å²) in [5.74, 6) is -0.167. The van der Waals surface area contributed by atoms with Crippen molar-refractivity contribution in [1.29, 1.82) is 0 Å². The molecule has 2 N–H and O–H groups in total. The predicted molar refractivity (Wildman–Crippen MR) is 102 cm³/mol. The average molecular weight is 383 g/mol. The number of hydrogen-bond donors (Lipinski definition) is 2. The molecule has 1 heterocycles. The Kier molecular flexibility index (Phi) is 6.47. The second kappa shape index (κ2) is 8.06. The highest BCUT2D eigenvalue weighted by Crippen LogP contribution is 2.29. The fourth-order valence-electron chi connectivity index (χ4n) is 3.44. The predicted octanol–water partition coefficient (Wildman–Crippen LogP) is 2.19. The Hall–Kier alpha value is -1.44. The second-order valence-electron chi connectivity index (χ2n) is 7.14. The van der Waals surface area contributed by atoms with Crippen LogP contribution < -0.4 is 10.0 Å². The molecule has 0 radical (unpaired) electrons. The normalized spacial score (nSPS) is 20.4. The van der Waals surface area contributed by atoms with E-state index in [0.29, 0.717) is 11.5 Å². The van der Waals surface area contributed by atoms with Crippen LogP contribution in [0.15, 0.2) is 4.90 Å². The van der Waals surface area contributed by atoms with Gasteiger partial charge in [-0.15, -0.1) is 0 Å². The molecule has 26 heavy (non-hydrogen) atoms. The first-order valence-electron chi connectivity index (χ1n) is 9.03. The standard InChI is InChI=1S/C19H30N2O4S/c1-11-12(2)14(4)19(15(5)13(11)3)26(23,24)20-9-7-18(22)21-17-8-10-25-16(17)6/h16-17,20H,7-10H2,1-6H3,(H,21,22)/t16-,17+/m0/s1. The number of carbonyl (C=O) groups is 1. The SMILES string of the molecule is Cc1c(C)c(C)c(S(=O)(=O)NCCC(=O)N[C@@H]2CCO[C@H]2C)c(C)c1C. The van der Waals surface area contributed by atoms with Gasteiger partial charge in [-0.1, -0.05) is 0 Å². The molecule has 1 saturated heterocycles. The lowest BCUT2D eigenvalue weighted by molar-refractivity contribution is -0.122. The van der Waals surface area contributed by atoms with Crippen LogP contribution in [-0.4, -0.2) is 39.6 Å². The van der Waals surface area contributed by atoms with E-state index in [1.54, 1.807) is 0 Å². The maximum absolute atomic E-state index is 12.8. The fourth-order valence-corrected chi connectivity index (χ4v) is 5.07. The van der Waals surface area contributed by atoms with Crippen LogP contribution in [0.1, 0.15) is 47.6 Å². The van der Waals surface area contributed by atoms with Gasteiger partial charge in [0.05, 0.1) is 17.0 Å². The average Bonchev–Trinajstić information content (AvgIpc) is 2.95. The first-order chi connectivity index (χ1) is 12.1. The molecule has 0 spiro atoms. The maximum Gasteiger partial charge on any atom is 0.241 e. The molecule has 2 rings (SSSR count). The summed E-state index contributed by atoms with van der Waals surface area (Å²) < 4.78 is 33.6. The van der Waals surface area contributed by atoms with Gasteiger partial charge in [-0.3, -0.25) is 4.79 Å². The van der Waals surface area contributed by atoms with Crippen LogP contribution in [0.25, 0.3) is 0 Å². The van der Waals surface area contributed by atoms with Crippen molar-refractivity contribution < 1.29 is 17.9 Å². The van der Waals surface area contributed by atoms with E-state index in [4.69, 9.17) is 4.74 Å². The van der Waals surface area contributed by atoms with Gasteiger partial charge in [0.2, 0.25) is 15.9 Å². The largest absolute Gasteiger partial charge is 0.376 e. The first-order valence-corrected chi connectivity index (χ1v) is 10.5. The molecule has 0 aromatic heterocycles. The Morgan fingerprint density at radius 1 is 1.04 bits per heavy atom. The molecular formula is C19H30N2O4S. The monoisotopic (exact) mass is 382 g/mol. The molecule has 0 aliphatic carbocycles. The van der Waals surface area contributed by atoms with Crippen LogP contribution >= 0.6 is 0 Å². The number of hydrogen-bond acceptors (Lipinski definition) is 4. The summed E-state index contributed by atoms with van der Waals surface area (Å²) in [5.41, 5.74) is 4.62. The highest BCUT2D eigenvalue weighted by Gasteiger charge is 2.26. The van der Waals surface area contributed by atoms with Crippen LogP contribution in [-0.2, 0) is 19.6 Å². The fraction of sp³-hybridized carbons (Fsp3) is 0.632. The Balaban J connectivity index is 2.05. The van der Waals surface area contributed by atoms with Crippen LogP contribution in [0.2, 0.25) is 0 Å². The van der Waals surface area contributed by atoms with Gasteiger partial charge in [0.1, 0.15) is 0 Å². The number of nitrogens with one attached hydrogen (secondary N) is 2. The molecule has 7 heteroatoms. The lowest BCUT2D eigenvalue weighted by Gasteiger charge is -2.19. The molecule has 6 nitrogen and oxygen atoms in total. The molecule has 146 valence electrons. The molecule has 1 aromatic carbocycles. The molecule has 0 saturated carbocycles. The van der Waals surface area contributed by atoms with Crippen molar-refractivity contribution in [3.05, 3.63) is 27.8 Å². The summed E-state index contributed by atoms with van der Waals surface area (Å²) in [5, 5.41) is 2.90. The highest BCUT2D eigenvalue weighted by atomic mass is 32.2. The van der Waals surface area contributed by atoms with Gasteiger partial charge in [-0.25, -0.2) is 13.1 Å². The van der Waals surface area contributed by atoms with Crippen LogP contribution in [0, 0.1) is 34.6 Å². The number of sulfonamides is 1. The van der Waals surface area contributed by atoms with E-state index < -0.39 is 10.0 Å². The van der Waals surface area contributed by atoms with Gasteiger partial charge in [0.15, 0.2) is 0 Å². The molecule has 1 aromatic rings. The van der Waals surface area contributed by atoms with Crippen molar-refractivity contribution in [1.82, 2.24) is 10.0 Å². The van der Waals surface area contributed by atoms with Gasteiger partial charge in [0.25, 0.3) is 0 Å². The maximum atomic E-state index is 12.8. The molecule has 0 unspecified atom stereocenters. The van der Waals surface area contributed by atoms with Crippen molar-refractivity contribution in [3.8, 4) is 0 Å². The molecule has 2 atom stereocenters. The second-order valence-corrected chi connectivity index (χ2v) is 8.84. The number of carbonyl (C=O) groups excluding carboxylic acids is 1. The van der Waals surface area contributed by atoms with E-state index in [0.717, 1.165) is 34.2 Å². The first kappa shape index (κ1) is 20.9. The van der Waals surface area contributed by atoms with E-state index in [9.17, 15) is 13.2 Å². The van der Waals surface area contributed by atoms with Crippen LogP contribution in [0.3, 0.4) is 0 Å². The third-order valence-corrected chi connectivity index (χ3v) is 7.30. The number of benzene rings is 1. The van der Waals surface area contributed by atoms with E-state index in [1.165, 1.54) is 0 Å². The Labute approximate surface area is 156 Å². The molecular weight excluding hydrogens is 352 g/mol. The van der Waals surface area contributed by atoms with Crippen LogP contribution in [0.5, 0.6) is 0 Å². The third-order valence-electron chi connectivity index (χ3n) is 5.57. The topological polar surface area (TPSA) is 84.5 Å². The number of rotatable bonds is 6. The number of amides is 1. The summed E-state index contributed by atoms with van der Waals surface area (Å²) in [6.07, 6.45) is 0.892. The minimum Gasteiger partial charge on any atom is -0.376 e. The van der Waals surface area contributed by atoms with Gasteiger partial charge >= 0.3 is 0 Å². The van der Waals surface area contributed by atoms with Crippen molar-refractivity contribution in [2.45, 2.75) is 71.4 Å². The third kappa shape index (κ3) is 4.27. The molecule has 1 amide bonds. The van der Waals surface area contributed by atoms with E-state index in [-0.39, 0.29) is 31.0 Å². The van der Waals surface area contributed by atoms with Crippen LogP contribution in [0.4, 0.5) is 0 Å². The molecule has 1 aliphatic heterocycles. The zero-order valence-corrected chi connectivity index (χ0v) is 17.3. The molecule has 1 fully saturated rings.